The van der Waals surface area contributed by atoms with E-state index in [4.69, 9.17) is 4.80 Å². The minimum Gasteiger partial charge on any atom is -0.432 e. The third-order valence-electron chi connectivity index (χ3n) is 3.26. The van der Waals surface area contributed by atoms with Gasteiger partial charge in [0.25, 0.3) is 0 Å². The maximum absolute atomic E-state index is 8.95. The van der Waals surface area contributed by atoms with Crippen molar-refractivity contribution in [3.05, 3.63) is 0 Å². The van der Waals surface area contributed by atoms with Gasteiger partial charge in [-0.1, -0.05) is 72.1 Å². The highest BCUT2D eigenvalue weighted by Gasteiger charge is 2.16. The molecule has 1 N–H and O–H groups in total. The van der Waals surface area contributed by atoms with Gasteiger partial charge in [0.1, 0.15) is 0 Å². The Bertz CT molecular complexity index is 146. The van der Waals surface area contributed by atoms with Crippen molar-refractivity contribution in [3.8, 4) is 0 Å². The average Bonchev–Trinajstić information content (AvgIpc) is 2.22. The Morgan fingerprint density at radius 3 is 1.88 bits per heavy atom. The molecule has 0 spiro atoms. The minimum atomic E-state index is 0.121. The van der Waals surface area contributed by atoms with Gasteiger partial charge in [0.05, 0.1) is 0 Å². The molecule has 0 fully saturated rings. The molecule has 0 amide bonds. The molecular weight excluding hydrogens is 212 g/mol. The predicted molar refractivity (Wildman–Crippen MR) is 73.8 cm³/mol. The molecule has 96 valence electrons. The third kappa shape index (κ3) is 10.7. The van der Waals surface area contributed by atoms with Gasteiger partial charge in [0.2, 0.25) is 9.76 Å². The first-order valence-electron chi connectivity index (χ1n) is 6.99. The van der Waals surface area contributed by atoms with E-state index >= 15 is 0 Å². The van der Waals surface area contributed by atoms with Crippen molar-refractivity contribution in [3.63, 3.8) is 0 Å². The monoisotopic (exact) mass is 242 g/mol. The highest BCUT2D eigenvalue weighted by molar-refractivity contribution is 6.25. The third-order valence-corrected chi connectivity index (χ3v) is 4.38. The van der Waals surface area contributed by atoms with E-state index in [0.717, 1.165) is 6.04 Å². The molecule has 0 saturated carbocycles. The van der Waals surface area contributed by atoms with Crippen LogP contribution in [0.5, 0.6) is 0 Å². The molecule has 0 aromatic carbocycles. The Morgan fingerprint density at radius 1 is 0.875 bits per heavy atom. The summed E-state index contributed by atoms with van der Waals surface area (Å²) in [5, 5.41) is 0. The molecule has 16 heavy (non-hydrogen) atoms. The molecule has 0 bridgehead atoms. The molecule has 0 aliphatic carbocycles. The fourth-order valence-electron chi connectivity index (χ4n) is 2.04. The van der Waals surface area contributed by atoms with E-state index in [1.165, 1.54) is 57.8 Å². The molecule has 2 heteroatoms. The summed E-state index contributed by atoms with van der Waals surface area (Å²) in [7, 11) is 0.121. The van der Waals surface area contributed by atoms with E-state index in [9.17, 15) is 0 Å². The van der Waals surface area contributed by atoms with Gasteiger partial charge < -0.3 is 4.80 Å². The normalized spacial score (nSPS) is 12.0. The summed E-state index contributed by atoms with van der Waals surface area (Å²) in [6.45, 7) is 6.82. The van der Waals surface area contributed by atoms with Gasteiger partial charge in [-0.05, 0) is 17.9 Å². The second kappa shape index (κ2) is 10.3. The first-order chi connectivity index (χ1) is 7.62. The van der Waals surface area contributed by atoms with E-state index in [1.54, 1.807) is 0 Å². The zero-order valence-corrected chi connectivity index (χ0v) is 12.5. The summed E-state index contributed by atoms with van der Waals surface area (Å²) < 4.78 is 0. The molecule has 0 unspecified atom stereocenters. The Morgan fingerprint density at radius 2 is 1.38 bits per heavy atom. The first-order valence-corrected chi connectivity index (χ1v) is 8.15. The van der Waals surface area contributed by atoms with Crippen molar-refractivity contribution in [2.75, 3.05) is 0 Å². The van der Waals surface area contributed by atoms with Crippen molar-refractivity contribution in [1.29, 1.82) is 0 Å². The highest BCUT2D eigenvalue weighted by Crippen LogP contribution is 2.27. The van der Waals surface area contributed by atoms with Crippen LogP contribution >= 0.6 is 0 Å². The quantitative estimate of drug-likeness (QED) is 0.415. The zero-order valence-electron chi connectivity index (χ0n) is 11.5. The maximum atomic E-state index is 8.95. The lowest BCUT2D eigenvalue weighted by molar-refractivity contribution is 0.346. The summed E-state index contributed by atoms with van der Waals surface area (Å²) in [6, 6.07) is 0.976. The topological polar surface area (TPSA) is 20.2 Å². The van der Waals surface area contributed by atoms with Gasteiger partial charge in [0.15, 0.2) is 0 Å². The van der Waals surface area contributed by atoms with Gasteiger partial charge in [-0.3, -0.25) is 0 Å². The maximum Gasteiger partial charge on any atom is 0.224 e. The smallest absolute Gasteiger partial charge is 0.224 e. The summed E-state index contributed by atoms with van der Waals surface area (Å²) in [5.74, 6) is 0. The van der Waals surface area contributed by atoms with Crippen LogP contribution in [-0.2, 0) is 0 Å². The van der Waals surface area contributed by atoms with Crippen LogP contribution in [0.3, 0.4) is 0 Å². The molecule has 0 saturated heterocycles. The van der Waals surface area contributed by atoms with Gasteiger partial charge in [-0.25, -0.2) is 0 Å². The molecule has 0 aliphatic heterocycles. The average molecular weight is 242 g/mol. The summed E-state index contributed by atoms with van der Waals surface area (Å²) in [6.07, 6.45) is 12.4. The predicted octanol–water partition coefficient (Wildman–Crippen LogP) is 4.57. The molecule has 0 aliphatic rings. The van der Waals surface area contributed by atoms with Crippen LogP contribution in [0.2, 0.25) is 6.04 Å². The Balaban J connectivity index is 3.20. The lowest BCUT2D eigenvalue weighted by Gasteiger charge is -2.22. The van der Waals surface area contributed by atoms with Crippen LogP contribution in [-0.4, -0.2) is 14.6 Å². The zero-order chi connectivity index (χ0) is 12.3. The van der Waals surface area contributed by atoms with E-state index < -0.39 is 0 Å². The molecule has 0 heterocycles. The van der Waals surface area contributed by atoms with E-state index in [1.807, 2.05) is 0 Å². The van der Waals surface area contributed by atoms with Gasteiger partial charge in [0, 0.05) is 0 Å². The standard InChI is InChI=1S/C14H30OSi/c1-4-5-6-7-8-9-10-11-12-14(2,3)13-16-15/h15H,4-13H2,1-3H3. The minimum absolute atomic E-state index is 0.121. The van der Waals surface area contributed by atoms with Crippen molar-refractivity contribution >= 4 is 9.76 Å². The van der Waals surface area contributed by atoms with Crippen molar-refractivity contribution in [1.82, 2.24) is 0 Å². The fourth-order valence-corrected chi connectivity index (χ4v) is 2.64. The highest BCUT2D eigenvalue weighted by atomic mass is 28.2. The number of rotatable bonds is 11. The van der Waals surface area contributed by atoms with Crippen LogP contribution in [0.15, 0.2) is 0 Å². The lowest BCUT2D eigenvalue weighted by Crippen LogP contribution is -2.13. The van der Waals surface area contributed by atoms with Crippen molar-refractivity contribution < 1.29 is 4.80 Å². The number of unbranched alkanes of at least 4 members (excludes halogenated alkanes) is 7. The van der Waals surface area contributed by atoms with Crippen LogP contribution in [0.25, 0.3) is 0 Å². The molecule has 2 radical (unpaired) electrons. The van der Waals surface area contributed by atoms with Crippen LogP contribution < -0.4 is 0 Å². The SMILES string of the molecule is CCCCCCCCCCC(C)(C)C[Si]O. The largest absolute Gasteiger partial charge is 0.432 e. The van der Waals surface area contributed by atoms with E-state index in [2.05, 4.69) is 20.8 Å². The van der Waals surface area contributed by atoms with E-state index in [-0.39, 0.29) is 9.76 Å². The number of hydrogen-bond acceptors (Lipinski definition) is 1. The Kier molecular flexibility index (Phi) is 10.5. The molecule has 0 rings (SSSR count). The van der Waals surface area contributed by atoms with E-state index in [0.29, 0.717) is 5.41 Å². The van der Waals surface area contributed by atoms with Crippen LogP contribution in [0.1, 0.15) is 78.6 Å². The summed E-state index contributed by atoms with van der Waals surface area (Å²) >= 11 is 0. The summed E-state index contributed by atoms with van der Waals surface area (Å²) in [4.78, 5) is 8.95. The number of hydrogen-bond donors (Lipinski definition) is 1. The van der Waals surface area contributed by atoms with Crippen LogP contribution in [0.4, 0.5) is 0 Å². The lowest BCUT2D eigenvalue weighted by atomic mass is 9.89. The van der Waals surface area contributed by atoms with Crippen molar-refractivity contribution in [2.24, 2.45) is 5.41 Å². The van der Waals surface area contributed by atoms with Crippen LogP contribution in [0, 0.1) is 5.41 Å². The Hall–Kier alpha value is 0.177. The molecule has 1 nitrogen and oxygen atoms in total. The van der Waals surface area contributed by atoms with Crippen molar-refractivity contribution in [2.45, 2.75) is 84.6 Å². The molecule has 0 aromatic heterocycles. The molecule has 0 aromatic rings. The van der Waals surface area contributed by atoms with Gasteiger partial charge in [-0.15, -0.1) is 0 Å². The summed E-state index contributed by atoms with van der Waals surface area (Å²) in [5.41, 5.74) is 0.357. The first kappa shape index (κ1) is 16.2. The second-order valence-electron chi connectivity index (χ2n) is 5.72. The second-order valence-corrected chi connectivity index (χ2v) is 6.39. The molecule has 0 atom stereocenters. The van der Waals surface area contributed by atoms with Gasteiger partial charge in [-0.2, -0.15) is 0 Å². The Labute approximate surface area is 105 Å². The van der Waals surface area contributed by atoms with Gasteiger partial charge >= 0.3 is 0 Å². The fraction of sp³-hybridized carbons (Fsp3) is 1.00. The molecular formula is C14H30OSi.